The molecule has 2 heteroatoms. The first-order valence-electron chi connectivity index (χ1n) is 4.67. The summed E-state index contributed by atoms with van der Waals surface area (Å²) in [4.78, 5) is 0. The Morgan fingerprint density at radius 1 is 1.29 bits per heavy atom. The average molecular weight is 188 g/mol. The summed E-state index contributed by atoms with van der Waals surface area (Å²) in [5, 5.41) is 8.36. The van der Waals surface area contributed by atoms with E-state index < -0.39 is 0 Å². The Balaban J connectivity index is 2.87. The second kappa shape index (κ2) is 4.18. The molecule has 0 spiro atoms. The summed E-state index contributed by atoms with van der Waals surface area (Å²) in [7, 11) is 0. The molecule has 1 aromatic rings. The fourth-order valence-electron chi connectivity index (χ4n) is 0.922. The minimum Gasteiger partial charge on any atom is -0.183 e. The normalized spacial score (nSPS) is 11.9. The van der Waals surface area contributed by atoms with Crippen molar-refractivity contribution in [2.24, 2.45) is 10.2 Å². The molecule has 0 aliphatic rings. The predicted molar refractivity (Wildman–Crippen MR) is 60.8 cm³/mol. The van der Waals surface area contributed by atoms with Crippen molar-refractivity contribution in [1.29, 1.82) is 0 Å². The van der Waals surface area contributed by atoms with Crippen LogP contribution in [0.5, 0.6) is 0 Å². The molecule has 0 heterocycles. The van der Waals surface area contributed by atoms with E-state index in [1.807, 2.05) is 45.0 Å². The van der Waals surface area contributed by atoms with Gasteiger partial charge in [-0.2, -0.15) is 10.2 Å². The molecule has 0 atom stereocenters. The van der Waals surface area contributed by atoms with E-state index in [1.54, 1.807) is 6.08 Å². The van der Waals surface area contributed by atoms with E-state index in [0.717, 1.165) is 11.3 Å². The summed E-state index contributed by atoms with van der Waals surface area (Å²) >= 11 is 0. The molecule has 0 bridgehead atoms. The van der Waals surface area contributed by atoms with Crippen molar-refractivity contribution in [3.8, 4) is 0 Å². The van der Waals surface area contributed by atoms with Gasteiger partial charge in [-0.05, 0) is 38.5 Å². The summed E-state index contributed by atoms with van der Waals surface area (Å²) in [6, 6.07) is 7.83. The van der Waals surface area contributed by atoms with Crippen LogP contribution in [0.1, 0.15) is 26.3 Å². The maximum Gasteiger partial charge on any atom is 0.0858 e. The van der Waals surface area contributed by atoms with Gasteiger partial charge in [0.25, 0.3) is 0 Å². The lowest BCUT2D eigenvalue weighted by atomic mass is 10.1. The number of nitrogens with zero attached hydrogens (tertiary/aromatic N) is 2. The fraction of sp³-hybridized carbons (Fsp3) is 0.333. The van der Waals surface area contributed by atoms with E-state index in [9.17, 15) is 0 Å². The van der Waals surface area contributed by atoms with Gasteiger partial charge >= 0.3 is 0 Å². The Bertz CT molecular complexity index is 346. The highest BCUT2D eigenvalue weighted by atomic mass is 15.1. The quantitative estimate of drug-likeness (QED) is 0.621. The van der Waals surface area contributed by atoms with Crippen LogP contribution in [0.4, 0.5) is 5.69 Å². The molecule has 0 fully saturated rings. The van der Waals surface area contributed by atoms with Gasteiger partial charge in [0.15, 0.2) is 0 Å². The van der Waals surface area contributed by atoms with Gasteiger partial charge in [0.2, 0.25) is 0 Å². The van der Waals surface area contributed by atoms with Gasteiger partial charge in [-0.1, -0.05) is 24.8 Å². The first-order valence-corrected chi connectivity index (χ1v) is 4.67. The molecule has 2 nitrogen and oxygen atoms in total. The van der Waals surface area contributed by atoms with E-state index >= 15 is 0 Å². The third-order valence-corrected chi connectivity index (χ3v) is 1.57. The molecule has 0 radical (unpaired) electrons. The van der Waals surface area contributed by atoms with E-state index in [-0.39, 0.29) is 5.54 Å². The summed E-state index contributed by atoms with van der Waals surface area (Å²) in [6.45, 7) is 9.77. The molecular formula is C12H16N2. The molecule has 1 rings (SSSR count). The number of azo groups is 1. The van der Waals surface area contributed by atoms with Crippen LogP contribution in [0.15, 0.2) is 41.1 Å². The molecule has 74 valence electrons. The van der Waals surface area contributed by atoms with Crippen molar-refractivity contribution in [3.63, 3.8) is 0 Å². The molecule has 1 aromatic carbocycles. The maximum atomic E-state index is 4.19. The summed E-state index contributed by atoms with van der Waals surface area (Å²) in [5.41, 5.74) is 1.82. The largest absolute Gasteiger partial charge is 0.183 e. The van der Waals surface area contributed by atoms with Gasteiger partial charge in [0, 0.05) is 0 Å². The van der Waals surface area contributed by atoms with Crippen molar-refractivity contribution in [2.45, 2.75) is 26.3 Å². The van der Waals surface area contributed by atoms with E-state index in [1.165, 1.54) is 0 Å². The average Bonchev–Trinajstić information content (AvgIpc) is 2.14. The van der Waals surface area contributed by atoms with E-state index in [4.69, 9.17) is 0 Å². The lowest BCUT2D eigenvalue weighted by Crippen LogP contribution is -2.07. The van der Waals surface area contributed by atoms with E-state index in [0.29, 0.717) is 0 Å². The molecule has 14 heavy (non-hydrogen) atoms. The zero-order chi connectivity index (χ0) is 10.6. The van der Waals surface area contributed by atoms with Crippen molar-refractivity contribution in [2.75, 3.05) is 0 Å². The number of hydrogen-bond acceptors (Lipinski definition) is 2. The van der Waals surface area contributed by atoms with Gasteiger partial charge in [0.05, 0.1) is 11.2 Å². The van der Waals surface area contributed by atoms with Crippen LogP contribution in [0, 0.1) is 0 Å². The minimum absolute atomic E-state index is 0.121. The lowest BCUT2D eigenvalue weighted by Gasteiger charge is -2.08. The zero-order valence-corrected chi connectivity index (χ0v) is 8.99. The second-order valence-corrected chi connectivity index (χ2v) is 4.17. The Kier molecular flexibility index (Phi) is 3.18. The van der Waals surface area contributed by atoms with Crippen LogP contribution in [-0.4, -0.2) is 5.54 Å². The van der Waals surface area contributed by atoms with Gasteiger partial charge in [-0.25, -0.2) is 0 Å². The van der Waals surface area contributed by atoms with Crippen molar-refractivity contribution in [1.82, 2.24) is 0 Å². The Morgan fingerprint density at radius 2 is 2.00 bits per heavy atom. The number of benzene rings is 1. The highest BCUT2D eigenvalue weighted by molar-refractivity contribution is 5.53. The smallest absolute Gasteiger partial charge is 0.0858 e. The molecule has 0 amide bonds. The standard InChI is InChI=1S/C12H16N2/c1-5-10-7-6-8-11(9-10)13-14-12(2,3)4/h5-9H,1H2,2-4H3/b14-13+. The number of rotatable bonds is 2. The second-order valence-electron chi connectivity index (χ2n) is 4.17. The summed E-state index contributed by atoms with van der Waals surface area (Å²) in [5.74, 6) is 0. The molecular weight excluding hydrogens is 172 g/mol. The molecule has 0 N–H and O–H groups in total. The SMILES string of the molecule is C=Cc1cccc(/N=N/C(C)(C)C)c1. The number of hydrogen-bond donors (Lipinski definition) is 0. The van der Waals surface area contributed by atoms with Crippen LogP contribution in [0.2, 0.25) is 0 Å². The van der Waals surface area contributed by atoms with Gasteiger partial charge in [-0.15, -0.1) is 0 Å². The van der Waals surface area contributed by atoms with Crippen LogP contribution in [0.25, 0.3) is 6.08 Å². The maximum absolute atomic E-state index is 4.19. The lowest BCUT2D eigenvalue weighted by molar-refractivity contribution is 0.552. The summed E-state index contributed by atoms with van der Waals surface area (Å²) < 4.78 is 0. The molecule has 0 saturated carbocycles. The predicted octanol–water partition coefficient (Wildman–Crippen LogP) is 4.21. The van der Waals surface area contributed by atoms with Gasteiger partial charge in [-0.3, -0.25) is 0 Å². The van der Waals surface area contributed by atoms with Crippen LogP contribution >= 0.6 is 0 Å². The van der Waals surface area contributed by atoms with Crippen LogP contribution in [-0.2, 0) is 0 Å². The topological polar surface area (TPSA) is 24.7 Å². The van der Waals surface area contributed by atoms with E-state index in [2.05, 4.69) is 16.8 Å². The van der Waals surface area contributed by atoms with Crippen molar-refractivity contribution in [3.05, 3.63) is 36.4 Å². The first-order chi connectivity index (χ1) is 6.51. The molecule has 0 aromatic heterocycles. The van der Waals surface area contributed by atoms with Gasteiger partial charge in [0.1, 0.15) is 0 Å². The van der Waals surface area contributed by atoms with Crippen molar-refractivity contribution >= 4 is 11.8 Å². The third-order valence-electron chi connectivity index (χ3n) is 1.57. The molecule has 0 unspecified atom stereocenters. The molecule has 0 aliphatic carbocycles. The molecule has 0 saturated heterocycles. The highest BCUT2D eigenvalue weighted by Crippen LogP contribution is 2.18. The Hall–Kier alpha value is -1.44. The summed E-state index contributed by atoms with van der Waals surface area (Å²) in [6.07, 6.45) is 1.80. The highest BCUT2D eigenvalue weighted by Gasteiger charge is 2.06. The Labute approximate surface area is 85.4 Å². The Morgan fingerprint density at radius 3 is 2.57 bits per heavy atom. The monoisotopic (exact) mass is 188 g/mol. The third kappa shape index (κ3) is 3.52. The van der Waals surface area contributed by atoms with Crippen molar-refractivity contribution < 1.29 is 0 Å². The first kappa shape index (κ1) is 10.6. The fourth-order valence-corrected chi connectivity index (χ4v) is 0.922. The zero-order valence-electron chi connectivity index (χ0n) is 8.99. The molecule has 0 aliphatic heterocycles. The van der Waals surface area contributed by atoms with Crippen LogP contribution in [0.3, 0.4) is 0 Å². The van der Waals surface area contributed by atoms with Crippen LogP contribution < -0.4 is 0 Å². The minimum atomic E-state index is -0.121. The van der Waals surface area contributed by atoms with Gasteiger partial charge < -0.3 is 0 Å².